The molecule has 3 aromatic rings. The average molecular weight is 560 g/mol. The third-order valence-corrected chi connectivity index (χ3v) is 9.71. The molecule has 2 fully saturated rings. The molecule has 38 heavy (non-hydrogen) atoms. The van der Waals surface area contributed by atoms with Gasteiger partial charge in [0.15, 0.2) is 0 Å². The zero-order valence-corrected chi connectivity index (χ0v) is 23.6. The molecule has 1 amide bonds. The number of amides is 1. The van der Waals surface area contributed by atoms with Crippen LogP contribution in [-0.4, -0.2) is 89.6 Å². The molecule has 5 rings (SSSR count). The molecule has 10 nitrogen and oxygen atoms in total. The predicted octanol–water partition coefficient (Wildman–Crippen LogP) is 2.13. The van der Waals surface area contributed by atoms with Crippen molar-refractivity contribution in [3.63, 3.8) is 0 Å². The van der Waals surface area contributed by atoms with E-state index in [0.29, 0.717) is 57.0 Å². The highest BCUT2D eigenvalue weighted by Gasteiger charge is 2.29. The lowest BCUT2D eigenvalue weighted by molar-refractivity contribution is -0.128. The van der Waals surface area contributed by atoms with Crippen LogP contribution in [0.5, 0.6) is 5.88 Å². The number of piperazine rings is 1. The molecule has 12 heteroatoms. The van der Waals surface area contributed by atoms with Crippen molar-refractivity contribution < 1.29 is 17.9 Å². The number of nitrogens with zero attached hydrogens (tertiary/aromatic N) is 5. The van der Waals surface area contributed by atoms with Gasteiger partial charge < -0.3 is 14.2 Å². The van der Waals surface area contributed by atoms with E-state index in [0.717, 1.165) is 33.7 Å². The fourth-order valence-electron chi connectivity index (χ4n) is 5.14. The van der Waals surface area contributed by atoms with Gasteiger partial charge in [0.25, 0.3) is 5.56 Å². The van der Waals surface area contributed by atoms with Crippen LogP contribution >= 0.6 is 11.3 Å². The first kappa shape index (κ1) is 26.8. The van der Waals surface area contributed by atoms with Crippen molar-refractivity contribution >= 4 is 37.4 Å². The minimum absolute atomic E-state index is 0.0537. The van der Waals surface area contributed by atoms with Gasteiger partial charge in [-0.25, -0.2) is 13.4 Å². The van der Waals surface area contributed by atoms with E-state index in [-0.39, 0.29) is 17.5 Å². The second-order valence-electron chi connectivity index (χ2n) is 10.1. The van der Waals surface area contributed by atoms with Crippen LogP contribution in [0.1, 0.15) is 24.6 Å². The molecule has 5 heterocycles. The summed E-state index contributed by atoms with van der Waals surface area (Å²) in [6.45, 7) is 5.95. The first-order chi connectivity index (χ1) is 18.1. The molecule has 2 aliphatic rings. The van der Waals surface area contributed by atoms with E-state index in [9.17, 15) is 18.0 Å². The quantitative estimate of drug-likeness (QED) is 0.416. The molecule has 1 unspecified atom stereocenters. The highest BCUT2D eigenvalue weighted by Crippen LogP contribution is 2.35. The predicted molar refractivity (Wildman–Crippen MR) is 148 cm³/mol. The molecule has 0 saturated carbocycles. The summed E-state index contributed by atoms with van der Waals surface area (Å²) in [4.78, 5) is 34.3. The van der Waals surface area contributed by atoms with Crippen molar-refractivity contribution in [2.24, 2.45) is 7.05 Å². The average Bonchev–Trinajstić information content (AvgIpc) is 3.48. The Morgan fingerprint density at radius 3 is 2.71 bits per heavy atom. The molecule has 2 saturated heterocycles. The summed E-state index contributed by atoms with van der Waals surface area (Å²) < 4.78 is 33.8. The van der Waals surface area contributed by atoms with Crippen molar-refractivity contribution in [2.75, 3.05) is 45.6 Å². The monoisotopic (exact) mass is 559 g/mol. The first-order valence-corrected chi connectivity index (χ1v) is 15.4. The van der Waals surface area contributed by atoms with Crippen LogP contribution in [0, 0.1) is 0 Å². The zero-order chi connectivity index (χ0) is 27.0. The standard InChI is InChI=1S/C26H33N5O5S2/c1-18-15-31(38(3,34)35)10-9-30(18)16-20-14-21-25(37-20)22(17-28(2)26(21)33)19-6-7-27-23(13-19)36-12-11-29-8-4-5-24(29)32/h6-7,13-14,17-18H,4-5,8-12,15-16H2,1-3H3. The van der Waals surface area contributed by atoms with Crippen molar-refractivity contribution in [3.8, 4) is 17.0 Å². The maximum Gasteiger partial charge on any atom is 0.259 e. The third kappa shape index (κ3) is 5.63. The largest absolute Gasteiger partial charge is 0.476 e. The lowest BCUT2D eigenvalue weighted by Gasteiger charge is -2.38. The second kappa shape index (κ2) is 10.8. The summed E-state index contributed by atoms with van der Waals surface area (Å²) in [5.74, 6) is 0.647. The van der Waals surface area contributed by atoms with Crippen LogP contribution in [0.2, 0.25) is 0 Å². The van der Waals surface area contributed by atoms with Crippen LogP contribution in [-0.2, 0) is 28.4 Å². The molecule has 0 spiro atoms. The maximum absolute atomic E-state index is 13.0. The van der Waals surface area contributed by atoms with E-state index >= 15 is 0 Å². The molecule has 0 radical (unpaired) electrons. The molecule has 204 valence electrons. The van der Waals surface area contributed by atoms with Gasteiger partial charge in [-0.3, -0.25) is 14.5 Å². The first-order valence-electron chi connectivity index (χ1n) is 12.8. The Labute approximate surface area is 226 Å². The van der Waals surface area contributed by atoms with Crippen molar-refractivity contribution in [3.05, 3.63) is 45.8 Å². The Balaban J connectivity index is 1.36. The summed E-state index contributed by atoms with van der Waals surface area (Å²) in [5, 5.41) is 0.666. The minimum Gasteiger partial charge on any atom is -0.476 e. The number of ether oxygens (including phenoxy) is 1. The van der Waals surface area contributed by atoms with E-state index in [4.69, 9.17) is 4.74 Å². The van der Waals surface area contributed by atoms with E-state index in [1.54, 1.807) is 29.1 Å². The van der Waals surface area contributed by atoms with Gasteiger partial charge in [-0.15, -0.1) is 11.3 Å². The number of aryl methyl sites for hydroxylation is 1. The van der Waals surface area contributed by atoms with Gasteiger partial charge in [0.1, 0.15) is 6.61 Å². The van der Waals surface area contributed by atoms with Gasteiger partial charge in [0, 0.05) is 85.8 Å². The number of hydrogen-bond acceptors (Lipinski definition) is 8. The molecule has 0 aliphatic carbocycles. The minimum atomic E-state index is -3.21. The SMILES string of the molecule is CC1CN(S(C)(=O)=O)CCN1Cc1cc2c(=O)n(C)cc(-c3ccnc(OCCN4CCCC4=O)c3)c2s1. The second-order valence-corrected chi connectivity index (χ2v) is 13.2. The molecule has 1 atom stereocenters. The van der Waals surface area contributed by atoms with Gasteiger partial charge in [-0.05, 0) is 31.0 Å². The Morgan fingerprint density at radius 1 is 1.18 bits per heavy atom. The number of likely N-dealkylation sites (tertiary alicyclic amines) is 1. The van der Waals surface area contributed by atoms with Gasteiger partial charge >= 0.3 is 0 Å². The number of sulfonamides is 1. The summed E-state index contributed by atoms with van der Waals surface area (Å²) in [7, 11) is -1.46. The number of pyridine rings is 2. The van der Waals surface area contributed by atoms with Crippen LogP contribution in [0.15, 0.2) is 35.4 Å². The summed E-state index contributed by atoms with van der Waals surface area (Å²) in [6.07, 6.45) is 6.30. The van der Waals surface area contributed by atoms with Gasteiger partial charge in [-0.1, -0.05) is 0 Å². The van der Waals surface area contributed by atoms with E-state index < -0.39 is 10.0 Å². The Morgan fingerprint density at radius 2 is 2.00 bits per heavy atom. The highest BCUT2D eigenvalue weighted by molar-refractivity contribution is 7.88. The maximum atomic E-state index is 13.0. The zero-order valence-electron chi connectivity index (χ0n) is 21.9. The van der Waals surface area contributed by atoms with Crippen LogP contribution in [0.4, 0.5) is 0 Å². The number of carbonyl (C=O) groups excluding carboxylic acids is 1. The Bertz CT molecular complexity index is 1520. The van der Waals surface area contributed by atoms with Gasteiger partial charge in [-0.2, -0.15) is 4.31 Å². The van der Waals surface area contributed by atoms with E-state index in [1.165, 1.54) is 10.6 Å². The molecule has 2 aliphatic heterocycles. The molecule has 0 aromatic carbocycles. The number of rotatable bonds is 8. The number of thiophene rings is 1. The van der Waals surface area contributed by atoms with Crippen molar-refractivity contribution in [1.82, 2.24) is 23.7 Å². The number of fused-ring (bicyclic) bond motifs is 1. The smallest absolute Gasteiger partial charge is 0.259 e. The molecular weight excluding hydrogens is 526 g/mol. The fraction of sp³-hybridized carbons (Fsp3) is 0.500. The van der Waals surface area contributed by atoms with Crippen LogP contribution < -0.4 is 10.3 Å². The topological polar surface area (TPSA) is 105 Å². The fourth-order valence-corrected chi connectivity index (χ4v) is 7.25. The van der Waals surface area contributed by atoms with Crippen LogP contribution in [0.25, 0.3) is 21.2 Å². The Kier molecular flexibility index (Phi) is 7.58. The van der Waals surface area contributed by atoms with E-state index in [1.807, 2.05) is 36.2 Å². The molecule has 0 N–H and O–H groups in total. The normalized spacial score (nSPS) is 19.5. The summed E-state index contributed by atoms with van der Waals surface area (Å²) in [5.41, 5.74) is 1.77. The van der Waals surface area contributed by atoms with Crippen molar-refractivity contribution in [1.29, 1.82) is 0 Å². The summed E-state index contributed by atoms with van der Waals surface area (Å²) >= 11 is 1.59. The molecule has 0 bridgehead atoms. The number of aromatic nitrogens is 2. The lowest BCUT2D eigenvalue weighted by Crippen LogP contribution is -2.52. The molecular formula is C26H33N5O5S2. The number of carbonyl (C=O) groups is 1. The molecule has 3 aromatic heterocycles. The van der Waals surface area contributed by atoms with E-state index in [2.05, 4.69) is 9.88 Å². The van der Waals surface area contributed by atoms with Gasteiger partial charge in [0.2, 0.25) is 21.8 Å². The number of hydrogen-bond donors (Lipinski definition) is 0. The van der Waals surface area contributed by atoms with Crippen LogP contribution in [0.3, 0.4) is 0 Å². The third-order valence-electron chi connectivity index (χ3n) is 7.29. The summed E-state index contributed by atoms with van der Waals surface area (Å²) in [6, 6.07) is 5.81. The lowest BCUT2D eigenvalue weighted by atomic mass is 10.1. The Hall–Kier alpha value is -2.80. The highest BCUT2D eigenvalue weighted by atomic mass is 32.2. The van der Waals surface area contributed by atoms with Gasteiger partial charge in [0.05, 0.1) is 18.2 Å². The van der Waals surface area contributed by atoms with Crippen molar-refractivity contribution in [2.45, 2.75) is 32.4 Å².